The molecular weight excluding hydrogens is 260 g/mol. The van der Waals surface area contributed by atoms with Crippen LogP contribution < -0.4 is 11.1 Å². The Morgan fingerprint density at radius 3 is 2.71 bits per heavy atom. The van der Waals surface area contributed by atoms with E-state index in [1.165, 1.54) is 38.8 Å². The van der Waals surface area contributed by atoms with Crippen molar-refractivity contribution in [1.82, 2.24) is 9.88 Å². The van der Waals surface area contributed by atoms with E-state index >= 15 is 0 Å². The predicted octanol–water partition coefficient (Wildman–Crippen LogP) is 3.10. The van der Waals surface area contributed by atoms with Gasteiger partial charge >= 0.3 is 0 Å². The van der Waals surface area contributed by atoms with E-state index in [9.17, 15) is 0 Å². The molecule has 112 valence electrons. The minimum absolute atomic E-state index is 0.802. The van der Waals surface area contributed by atoms with Crippen LogP contribution in [0.2, 0.25) is 0 Å². The van der Waals surface area contributed by atoms with Gasteiger partial charge < -0.3 is 16.0 Å². The van der Waals surface area contributed by atoms with Gasteiger partial charge in [-0.05, 0) is 50.2 Å². The summed E-state index contributed by atoms with van der Waals surface area (Å²) in [5.74, 6) is 0. The van der Waals surface area contributed by atoms with Crippen LogP contribution in [0.25, 0.3) is 10.9 Å². The van der Waals surface area contributed by atoms with Gasteiger partial charge in [0.15, 0.2) is 0 Å². The van der Waals surface area contributed by atoms with E-state index in [1.54, 1.807) is 6.20 Å². The lowest BCUT2D eigenvalue weighted by Gasteiger charge is -2.20. The summed E-state index contributed by atoms with van der Waals surface area (Å²) in [4.78, 5) is 6.89. The van der Waals surface area contributed by atoms with Crippen molar-refractivity contribution < 1.29 is 0 Å². The molecule has 1 aliphatic heterocycles. The number of hydrogen-bond acceptors (Lipinski definition) is 4. The lowest BCUT2D eigenvalue weighted by Crippen LogP contribution is -2.30. The molecule has 1 fully saturated rings. The van der Waals surface area contributed by atoms with Crippen LogP contribution in [0.4, 0.5) is 11.4 Å². The second kappa shape index (κ2) is 6.76. The van der Waals surface area contributed by atoms with Gasteiger partial charge in [-0.1, -0.05) is 12.8 Å². The fraction of sp³-hybridized carbons (Fsp3) is 0.471. The molecule has 1 aromatic heterocycles. The van der Waals surface area contributed by atoms with Gasteiger partial charge in [-0.15, -0.1) is 0 Å². The number of anilines is 2. The van der Waals surface area contributed by atoms with Crippen LogP contribution in [0.3, 0.4) is 0 Å². The lowest BCUT2D eigenvalue weighted by molar-refractivity contribution is 0.296. The largest absolute Gasteiger partial charge is 0.397 e. The van der Waals surface area contributed by atoms with Crippen LogP contribution in [0, 0.1) is 0 Å². The van der Waals surface area contributed by atoms with Crippen molar-refractivity contribution in [2.24, 2.45) is 0 Å². The van der Waals surface area contributed by atoms with Gasteiger partial charge in [0.2, 0.25) is 0 Å². The fourth-order valence-corrected chi connectivity index (χ4v) is 3.04. The molecule has 2 heterocycles. The zero-order valence-corrected chi connectivity index (χ0v) is 12.5. The highest BCUT2D eigenvalue weighted by Gasteiger charge is 2.09. The normalized spacial score (nSPS) is 16.8. The third-order valence-corrected chi connectivity index (χ3v) is 4.27. The van der Waals surface area contributed by atoms with Gasteiger partial charge in [0.05, 0.1) is 16.9 Å². The average Bonchev–Trinajstić information content (AvgIpc) is 2.79. The Morgan fingerprint density at radius 1 is 1.10 bits per heavy atom. The number of benzene rings is 1. The molecule has 0 spiro atoms. The van der Waals surface area contributed by atoms with Gasteiger partial charge in [0.25, 0.3) is 0 Å². The molecular formula is C17H24N4. The molecule has 0 atom stereocenters. The van der Waals surface area contributed by atoms with Crippen molar-refractivity contribution in [2.45, 2.75) is 25.7 Å². The summed E-state index contributed by atoms with van der Waals surface area (Å²) in [5, 5.41) is 4.50. The third-order valence-electron chi connectivity index (χ3n) is 4.27. The third kappa shape index (κ3) is 3.45. The molecule has 0 radical (unpaired) electrons. The van der Waals surface area contributed by atoms with Gasteiger partial charge in [-0.25, -0.2) is 0 Å². The maximum absolute atomic E-state index is 6.25. The first-order valence-corrected chi connectivity index (χ1v) is 7.94. The highest BCUT2D eigenvalue weighted by atomic mass is 15.1. The molecule has 1 aliphatic rings. The molecule has 3 N–H and O–H groups in total. The smallest absolute Gasteiger partial charge is 0.0724 e. The summed E-state index contributed by atoms with van der Waals surface area (Å²) in [6.07, 6.45) is 7.24. The molecule has 0 amide bonds. The average molecular weight is 284 g/mol. The number of nitrogens with one attached hydrogen (secondary N) is 1. The first-order chi connectivity index (χ1) is 10.3. The second-order valence-corrected chi connectivity index (χ2v) is 5.78. The fourth-order valence-electron chi connectivity index (χ4n) is 3.04. The second-order valence-electron chi connectivity index (χ2n) is 5.78. The zero-order chi connectivity index (χ0) is 14.5. The maximum Gasteiger partial charge on any atom is 0.0724 e. The molecule has 4 heteroatoms. The van der Waals surface area contributed by atoms with Crippen LogP contribution in [0.1, 0.15) is 25.7 Å². The Labute approximate surface area is 126 Å². The molecule has 0 bridgehead atoms. The highest BCUT2D eigenvalue weighted by Crippen LogP contribution is 2.27. The Bertz CT molecular complexity index is 588. The van der Waals surface area contributed by atoms with E-state index in [-0.39, 0.29) is 0 Å². The Hall–Kier alpha value is -1.81. The SMILES string of the molecule is Nc1c(NCCN2CCCCCC2)ccc2ncccc12. The van der Waals surface area contributed by atoms with E-state index in [1.807, 2.05) is 24.3 Å². The number of rotatable bonds is 4. The molecule has 1 saturated heterocycles. The molecule has 4 nitrogen and oxygen atoms in total. The summed E-state index contributed by atoms with van der Waals surface area (Å²) >= 11 is 0. The molecule has 0 unspecified atom stereocenters. The monoisotopic (exact) mass is 284 g/mol. The van der Waals surface area contributed by atoms with E-state index < -0.39 is 0 Å². The van der Waals surface area contributed by atoms with Gasteiger partial charge in [-0.2, -0.15) is 0 Å². The Balaban J connectivity index is 1.61. The van der Waals surface area contributed by atoms with Crippen LogP contribution in [0.5, 0.6) is 0 Å². The van der Waals surface area contributed by atoms with Gasteiger partial charge in [0.1, 0.15) is 0 Å². The topological polar surface area (TPSA) is 54.2 Å². The molecule has 0 saturated carbocycles. The number of fused-ring (bicyclic) bond motifs is 1. The number of likely N-dealkylation sites (tertiary alicyclic amines) is 1. The summed E-state index contributed by atoms with van der Waals surface area (Å²) in [6.45, 7) is 4.50. The van der Waals surface area contributed by atoms with E-state index in [0.29, 0.717) is 0 Å². The van der Waals surface area contributed by atoms with E-state index in [4.69, 9.17) is 5.73 Å². The summed E-state index contributed by atoms with van der Waals surface area (Å²) in [5.41, 5.74) is 9.02. The molecule has 1 aromatic carbocycles. The maximum atomic E-state index is 6.25. The summed E-state index contributed by atoms with van der Waals surface area (Å²) < 4.78 is 0. The van der Waals surface area contributed by atoms with Crippen LogP contribution >= 0.6 is 0 Å². The summed E-state index contributed by atoms with van der Waals surface area (Å²) in [6, 6.07) is 8.02. The van der Waals surface area contributed by atoms with Crippen molar-refractivity contribution in [3.63, 3.8) is 0 Å². The Morgan fingerprint density at radius 2 is 1.90 bits per heavy atom. The van der Waals surface area contributed by atoms with Gasteiger partial charge in [-0.3, -0.25) is 4.98 Å². The number of hydrogen-bond donors (Lipinski definition) is 2. The molecule has 3 rings (SSSR count). The van der Waals surface area contributed by atoms with Crippen LogP contribution in [-0.2, 0) is 0 Å². The quantitative estimate of drug-likeness (QED) is 0.847. The van der Waals surface area contributed by atoms with Crippen molar-refractivity contribution in [3.05, 3.63) is 30.5 Å². The molecule has 0 aliphatic carbocycles. The number of nitrogens with two attached hydrogens (primary N) is 1. The molecule has 2 aromatic rings. The highest BCUT2D eigenvalue weighted by molar-refractivity contribution is 5.96. The number of nitrogen functional groups attached to an aromatic ring is 1. The number of nitrogens with zero attached hydrogens (tertiary/aromatic N) is 2. The minimum atomic E-state index is 0.802. The standard InChI is InChI=1S/C17H24N4/c18-17-14-6-5-9-19-15(14)7-8-16(17)20-10-13-21-11-3-1-2-4-12-21/h5-9,20H,1-4,10-13,18H2. The lowest BCUT2D eigenvalue weighted by atomic mass is 10.1. The van der Waals surface area contributed by atoms with Crippen LogP contribution in [0.15, 0.2) is 30.5 Å². The van der Waals surface area contributed by atoms with Gasteiger partial charge in [0, 0.05) is 24.7 Å². The van der Waals surface area contributed by atoms with Crippen molar-refractivity contribution >= 4 is 22.3 Å². The number of pyridine rings is 1. The number of aromatic nitrogens is 1. The van der Waals surface area contributed by atoms with Crippen molar-refractivity contribution in [1.29, 1.82) is 0 Å². The van der Waals surface area contributed by atoms with E-state index in [0.717, 1.165) is 35.4 Å². The zero-order valence-electron chi connectivity index (χ0n) is 12.5. The predicted molar refractivity (Wildman–Crippen MR) is 89.6 cm³/mol. The van der Waals surface area contributed by atoms with Crippen molar-refractivity contribution in [2.75, 3.05) is 37.2 Å². The Kier molecular flexibility index (Phi) is 4.55. The van der Waals surface area contributed by atoms with E-state index in [2.05, 4.69) is 15.2 Å². The summed E-state index contributed by atoms with van der Waals surface area (Å²) in [7, 11) is 0. The van der Waals surface area contributed by atoms with Crippen molar-refractivity contribution in [3.8, 4) is 0 Å². The minimum Gasteiger partial charge on any atom is -0.397 e. The first kappa shape index (κ1) is 14.1. The van der Waals surface area contributed by atoms with Crippen LogP contribution in [-0.4, -0.2) is 36.1 Å². The molecule has 21 heavy (non-hydrogen) atoms. The first-order valence-electron chi connectivity index (χ1n) is 7.94.